The molecular weight excluding hydrogens is 418 g/mol. The molecule has 3 rings (SSSR count). The molecule has 1 aliphatic rings. The van der Waals surface area contributed by atoms with Gasteiger partial charge in [-0.3, -0.25) is 25.3 Å². The maximum Gasteiger partial charge on any atom is 0.276 e. The number of amides is 2. The number of carbonyl (C=O) groups is 2. The van der Waals surface area contributed by atoms with Gasteiger partial charge in [0.25, 0.3) is 11.8 Å². The second-order valence-corrected chi connectivity index (χ2v) is 9.88. The Bertz CT molecular complexity index is 1030. The predicted molar refractivity (Wildman–Crippen MR) is 117 cm³/mol. The number of hydrazine groups is 1. The van der Waals surface area contributed by atoms with Gasteiger partial charge in [-0.05, 0) is 42.7 Å². The van der Waals surface area contributed by atoms with Crippen LogP contribution in [0.4, 0.5) is 0 Å². The van der Waals surface area contributed by atoms with E-state index in [2.05, 4.69) is 10.9 Å². The molecular formula is C22H27N3O5S. The van der Waals surface area contributed by atoms with E-state index in [0.29, 0.717) is 5.75 Å². The van der Waals surface area contributed by atoms with Crippen LogP contribution in [0.3, 0.4) is 0 Å². The van der Waals surface area contributed by atoms with Gasteiger partial charge in [0.1, 0.15) is 11.8 Å². The fraction of sp³-hybridized carbons (Fsp3) is 0.364. The Labute approximate surface area is 182 Å². The van der Waals surface area contributed by atoms with Crippen molar-refractivity contribution in [1.29, 1.82) is 0 Å². The van der Waals surface area contributed by atoms with Crippen molar-refractivity contribution in [2.24, 2.45) is 0 Å². The summed E-state index contributed by atoms with van der Waals surface area (Å²) < 4.78 is 29.0. The molecule has 2 N–H and O–H groups in total. The molecule has 2 aromatic carbocycles. The molecule has 0 spiro atoms. The van der Waals surface area contributed by atoms with Crippen LogP contribution in [-0.4, -0.2) is 56.3 Å². The van der Waals surface area contributed by atoms with E-state index in [1.54, 1.807) is 18.2 Å². The van der Waals surface area contributed by atoms with Crippen molar-refractivity contribution in [1.82, 2.24) is 15.8 Å². The standard InChI is InChI=1S/C22H27N3O5S/c1-16-8-9-19(14-17(16)2)30-15-20(26)23-24-22(27)21(18-6-4-3-5-7-18)25-10-12-31(28,29)13-11-25/h3-9,14,21H,10-13,15H2,1-2H3,(H,23,26)(H,24,27). The minimum absolute atomic E-state index is 0.000219. The van der Waals surface area contributed by atoms with Crippen molar-refractivity contribution in [2.45, 2.75) is 19.9 Å². The summed E-state index contributed by atoms with van der Waals surface area (Å²) in [4.78, 5) is 26.9. The topological polar surface area (TPSA) is 105 Å². The van der Waals surface area contributed by atoms with Crippen molar-refractivity contribution in [3.63, 3.8) is 0 Å². The van der Waals surface area contributed by atoms with E-state index in [1.807, 2.05) is 49.1 Å². The maximum atomic E-state index is 12.9. The fourth-order valence-electron chi connectivity index (χ4n) is 3.34. The third kappa shape index (κ3) is 6.28. The van der Waals surface area contributed by atoms with Gasteiger partial charge >= 0.3 is 0 Å². The molecule has 166 valence electrons. The van der Waals surface area contributed by atoms with E-state index in [-0.39, 0.29) is 31.2 Å². The number of rotatable bonds is 6. The van der Waals surface area contributed by atoms with Crippen molar-refractivity contribution in [2.75, 3.05) is 31.2 Å². The molecule has 0 bridgehead atoms. The zero-order valence-electron chi connectivity index (χ0n) is 17.6. The van der Waals surface area contributed by atoms with Crippen molar-refractivity contribution < 1.29 is 22.7 Å². The zero-order chi connectivity index (χ0) is 22.4. The lowest BCUT2D eigenvalue weighted by atomic mass is 10.0. The van der Waals surface area contributed by atoms with Crippen LogP contribution in [0, 0.1) is 13.8 Å². The number of nitrogens with zero attached hydrogens (tertiary/aromatic N) is 1. The first-order valence-corrected chi connectivity index (χ1v) is 11.9. The summed E-state index contributed by atoms with van der Waals surface area (Å²) in [6.45, 7) is 4.19. The highest BCUT2D eigenvalue weighted by Gasteiger charge is 2.32. The van der Waals surface area contributed by atoms with Crippen LogP contribution < -0.4 is 15.6 Å². The Hall–Kier alpha value is -2.91. The monoisotopic (exact) mass is 445 g/mol. The lowest BCUT2D eigenvalue weighted by molar-refractivity contribution is -0.133. The molecule has 0 saturated carbocycles. The molecule has 0 radical (unpaired) electrons. The maximum absolute atomic E-state index is 12.9. The average Bonchev–Trinajstić information content (AvgIpc) is 2.75. The third-order valence-electron chi connectivity index (χ3n) is 5.28. The molecule has 1 atom stereocenters. The zero-order valence-corrected chi connectivity index (χ0v) is 18.4. The van der Waals surface area contributed by atoms with E-state index < -0.39 is 27.7 Å². The summed E-state index contributed by atoms with van der Waals surface area (Å²) in [6.07, 6.45) is 0. The van der Waals surface area contributed by atoms with Gasteiger partial charge in [-0.15, -0.1) is 0 Å². The molecule has 8 nitrogen and oxygen atoms in total. The summed E-state index contributed by atoms with van der Waals surface area (Å²) in [6, 6.07) is 13.9. The smallest absolute Gasteiger partial charge is 0.276 e. The number of aryl methyl sites for hydroxylation is 2. The summed E-state index contributed by atoms with van der Waals surface area (Å²) >= 11 is 0. The van der Waals surface area contributed by atoms with Gasteiger partial charge in [0, 0.05) is 13.1 Å². The highest BCUT2D eigenvalue weighted by molar-refractivity contribution is 7.91. The Morgan fingerprint density at radius 2 is 1.68 bits per heavy atom. The highest BCUT2D eigenvalue weighted by atomic mass is 32.2. The van der Waals surface area contributed by atoms with Gasteiger partial charge in [0.15, 0.2) is 16.4 Å². The van der Waals surface area contributed by atoms with E-state index in [4.69, 9.17) is 4.74 Å². The number of hydrogen-bond acceptors (Lipinski definition) is 6. The molecule has 1 saturated heterocycles. The van der Waals surface area contributed by atoms with Crippen LogP contribution in [-0.2, 0) is 19.4 Å². The predicted octanol–water partition coefficient (Wildman–Crippen LogP) is 1.30. The van der Waals surface area contributed by atoms with Crippen LogP contribution in [0.1, 0.15) is 22.7 Å². The minimum Gasteiger partial charge on any atom is -0.484 e. The summed E-state index contributed by atoms with van der Waals surface area (Å²) in [5.41, 5.74) is 7.73. The first kappa shape index (κ1) is 22.8. The van der Waals surface area contributed by atoms with E-state index in [9.17, 15) is 18.0 Å². The molecule has 1 heterocycles. The second-order valence-electron chi connectivity index (χ2n) is 7.57. The minimum atomic E-state index is -3.08. The highest BCUT2D eigenvalue weighted by Crippen LogP contribution is 2.23. The molecule has 2 amide bonds. The van der Waals surface area contributed by atoms with Gasteiger partial charge in [-0.1, -0.05) is 36.4 Å². The Morgan fingerprint density at radius 3 is 2.32 bits per heavy atom. The second kappa shape index (κ2) is 9.93. The Kier molecular flexibility index (Phi) is 7.29. The molecule has 1 fully saturated rings. The van der Waals surface area contributed by atoms with Gasteiger partial charge in [-0.2, -0.15) is 0 Å². The molecule has 1 aliphatic heterocycles. The first-order chi connectivity index (χ1) is 14.7. The van der Waals surface area contributed by atoms with Crippen LogP contribution >= 0.6 is 0 Å². The van der Waals surface area contributed by atoms with Crippen molar-refractivity contribution in [3.05, 3.63) is 65.2 Å². The number of hydrogen-bond donors (Lipinski definition) is 2. The van der Waals surface area contributed by atoms with E-state index >= 15 is 0 Å². The van der Waals surface area contributed by atoms with E-state index in [0.717, 1.165) is 16.7 Å². The molecule has 1 unspecified atom stereocenters. The van der Waals surface area contributed by atoms with Gasteiger partial charge < -0.3 is 4.74 Å². The lowest BCUT2D eigenvalue weighted by Gasteiger charge is -2.33. The Balaban J connectivity index is 1.59. The first-order valence-electron chi connectivity index (χ1n) is 10.0. The summed E-state index contributed by atoms with van der Waals surface area (Å²) in [5.74, 6) is -0.370. The number of ether oxygens (including phenoxy) is 1. The van der Waals surface area contributed by atoms with E-state index in [1.165, 1.54) is 0 Å². The van der Waals surface area contributed by atoms with Crippen LogP contribution in [0.5, 0.6) is 5.75 Å². The summed E-state index contributed by atoms with van der Waals surface area (Å²) in [5, 5.41) is 0. The normalized spacial score (nSPS) is 16.8. The quantitative estimate of drug-likeness (QED) is 0.650. The van der Waals surface area contributed by atoms with Crippen molar-refractivity contribution in [3.8, 4) is 5.75 Å². The number of carbonyl (C=O) groups excluding carboxylic acids is 2. The summed E-state index contributed by atoms with van der Waals surface area (Å²) in [7, 11) is -3.08. The molecule has 0 aliphatic carbocycles. The van der Waals surface area contributed by atoms with Crippen LogP contribution in [0.15, 0.2) is 48.5 Å². The number of nitrogens with one attached hydrogen (secondary N) is 2. The van der Waals surface area contributed by atoms with Crippen LogP contribution in [0.2, 0.25) is 0 Å². The Morgan fingerprint density at radius 1 is 1.00 bits per heavy atom. The fourth-order valence-corrected chi connectivity index (χ4v) is 4.57. The average molecular weight is 446 g/mol. The molecule has 9 heteroatoms. The molecule has 31 heavy (non-hydrogen) atoms. The van der Waals surface area contributed by atoms with Crippen LogP contribution in [0.25, 0.3) is 0 Å². The largest absolute Gasteiger partial charge is 0.484 e. The van der Waals surface area contributed by atoms with Gasteiger partial charge in [0.05, 0.1) is 11.5 Å². The molecule has 0 aromatic heterocycles. The SMILES string of the molecule is Cc1ccc(OCC(=O)NNC(=O)C(c2ccccc2)N2CCS(=O)(=O)CC2)cc1C. The van der Waals surface area contributed by atoms with Crippen molar-refractivity contribution >= 4 is 21.7 Å². The van der Waals surface area contributed by atoms with Gasteiger partial charge in [-0.25, -0.2) is 8.42 Å². The number of sulfone groups is 1. The lowest BCUT2D eigenvalue weighted by Crippen LogP contribution is -2.52. The molecule has 2 aromatic rings. The number of benzene rings is 2. The third-order valence-corrected chi connectivity index (χ3v) is 6.89. The van der Waals surface area contributed by atoms with Gasteiger partial charge in [0.2, 0.25) is 0 Å².